The molecule has 0 spiro atoms. The molecule has 0 saturated carbocycles. The summed E-state index contributed by atoms with van der Waals surface area (Å²) in [6.07, 6.45) is 1.45. The van der Waals surface area contributed by atoms with Crippen LogP contribution in [0.5, 0.6) is 5.75 Å². The quantitative estimate of drug-likeness (QED) is 0.688. The highest BCUT2D eigenvalue weighted by Crippen LogP contribution is 2.26. The molecule has 0 fully saturated rings. The maximum absolute atomic E-state index is 10.8. The fraction of sp³-hybridized carbons (Fsp3) is 0.0714. The summed E-state index contributed by atoms with van der Waals surface area (Å²) in [5, 5.41) is 9.65. The third kappa shape index (κ3) is 2.85. The van der Waals surface area contributed by atoms with Crippen LogP contribution in [0, 0.1) is 3.57 Å². The van der Waals surface area contributed by atoms with Crippen molar-refractivity contribution in [1.82, 2.24) is 0 Å². The molecule has 17 heavy (non-hydrogen) atoms. The Labute approximate surface area is 113 Å². The van der Waals surface area contributed by atoms with E-state index in [0.717, 1.165) is 12.0 Å². The summed E-state index contributed by atoms with van der Waals surface area (Å²) in [6.45, 7) is 0. The largest absolute Gasteiger partial charge is 0.506 e. The van der Waals surface area contributed by atoms with Crippen LogP contribution in [0.1, 0.15) is 21.5 Å². The highest BCUT2D eigenvalue weighted by Gasteiger charge is 2.07. The molecule has 0 aliphatic carbocycles. The number of rotatable bonds is 3. The van der Waals surface area contributed by atoms with Crippen molar-refractivity contribution in [1.29, 1.82) is 0 Å². The third-order valence-corrected chi connectivity index (χ3v) is 3.35. The molecule has 2 aromatic carbocycles. The van der Waals surface area contributed by atoms with Crippen molar-refractivity contribution in [3.63, 3.8) is 0 Å². The number of carbonyl (C=O) groups excluding carboxylic acids is 1. The van der Waals surface area contributed by atoms with E-state index in [1.807, 2.05) is 59.0 Å². The van der Waals surface area contributed by atoms with E-state index < -0.39 is 0 Å². The lowest BCUT2D eigenvalue weighted by Gasteiger charge is -2.06. The average Bonchev–Trinajstić information content (AvgIpc) is 2.35. The summed E-state index contributed by atoms with van der Waals surface area (Å²) in [5.41, 5.74) is 2.56. The van der Waals surface area contributed by atoms with E-state index in [-0.39, 0.29) is 5.75 Å². The maximum atomic E-state index is 10.8. The van der Waals surface area contributed by atoms with Crippen LogP contribution in [0.3, 0.4) is 0 Å². The lowest BCUT2D eigenvalue weighted by atomic mass is 10.0. The standard InChI is InChI=1S/C14H11IO2/c15-13-8-11(7-12(9-16)14(13)17)6-10-4-2-1-3-5-10/h1-5,7-9,17H,6H2. The normalized spacial score (nSPS) is 10.2. The highest BCUT2D eigenvalue weighted by atomic mass is 127. The van der Waals surface area contributed by atoms with Gasteiger partial charge in [-0.1, -0.05) is 30.3 Å². The topological polar surface area (TPSA) is 37.3 Å². The van der Waals surface area contributed by atoms with Crippen molar-refractivity contribution < 1.29 is 9.90 Å². The zero-order valence-corrected chi connectivity index (χ0v) is 11.2. The molecule has 1 N–H and O–H groups in total. The van der Waals surface area contributed by atoms with Gasteiger partial charge in [0.1, 0.15) is 5.75 Å². The molecule has 2 aromatic rings. The van der Waals surface area contributed by atoms with Crippen LogP contribution in [0.2, 0.25) is 0 Å². The molecule has 0 bridgehead atoms. The van der Waals surface area contributed by atoms with E-state index in [9.17, 15) is 9.90 Å². The lowest BCUT2D eigenvalue weighted by molar-refractivity contribution is 0.112. The van der Waals surface area contributed by atoms with Gasteiger partial charge in [0.25, 0.3) is 0 Å². The number of hydrogen-bond acceptors (Lipinski definition) is 2. The van der Waals surface area contributed by atoms with Crippen LogP contribution in [0.15, 0.2) is 42.5 Å². The van der Waals surface area contributed by atoms with Gasteiger partial charge in [-0.25, -0.2) is 0 Å². The van der Waals surface area contributed by atoms with E-state index in [0.29, 0.717) is 15.4 Å². The van der Waals surface area contributed by atoms with Gasteiger partial charge in [0.2, 0.25) is 0 Å². The molecule has 0 radical (unpaired) electrons. The second-order valence-electron chi connectivity index (χ2n) is 3.80. The molecule has 0 aliphatic heterocycles. The van der Waals surface area contributed by atoms with E-state index >= 15 is 0 Å². The Morgan fingerprint density at radius 3 is 2.47 bits per heavy atom. The molecule has 0 atom stereocenters. The average molecular weight is 338 g/mol. The molecule has 0 saturated heterocycles. The van der Waals surface area contributed by atoms with Gasteiger partial charge in [0, 0.05) is 0 Å². The van der Waals surface area contributed by atoms with Crippen molar-refractivity contribution >= 4 is 28.9 Å². The van der Waals surface area contributed by atoms with Crippen LogP contribution in [-0.2, 0) is 6.42 Å². The molecule has 0 amide bonds. The van der Waals surface area contributed by atoms with E-state index in [1.165, 1.54) is 5.56 Å². The molecule has 0 unspecified atom stereocenters. The van der Waals surface area contributed by atoms with E-state index in [4.69, 9.17) is 0 Å². The van der Waals surface area contributed by atoms with Crippen LogP contribution in [0.4, 0.5) is 0 Å². The summed E-state index contributed by atoms with van der Waals surface area (Å²) >= 11 is 2.03. The number of aromatic hydroxyl groups is 1. The van der Waals surface area contributed by atoms with Crippen LogP contribution in [0.25, 0.3) is 0 Å². The number of phenols is 1. The number of hydrogen-bond donors (Lipinski definition) is 1. The van der Waals surface area contributed by atoms with Crippen LogP contribution < -0.4 is 0 Å². The Morgan fingerprint density at radius 2 is 1.82 bits per heavy atom. The SMILES string of the molecule is O=Cc1cc(Cc2ccccc2)cc(I)c1O. The molecule has 0 aliphatic rings. The molecule has 86 valence electrons. The van der Waals surface area contributed by atoms with Gasteiger partial charge in [0.15, 0.2) is 6.29 Å². The van der Waals surface area contributed by atoms with E-state index in [1.54, 1.807) is 6.07 Å². The third-order valence-electron chi connectivity index (χ3n) is 2.53. The minimum Gasteiger partial charge on any atom is -0.506 e. The fourth-order valence-electron chi connectivity index (χ4n) is 1.70. The Morgan fingerprint density at radius 1 is 1.12 bits per heavy atom. The number of aldehydes is 1. The molecule has 0 aromatic heterocycles. The predicted octanol–water partition coefficient (Wildman–Crippen LogP) is 3.40. The van der Waals surface area contributed by atoms with Gasteiger partial charge in [-0.2, -0.15) is 0 Å². The first-order valence-electron chi connectivity index (χ1n) is 5.21. The van der Waals surface area contributed by atoms with Crippen molar-refractivity contribution in [3.05, 3.63) is 62.7 Å². The number of phenolic OH excluding ortho intramolecular Hbond substituents is 1. The highest BCUT2D eigenvalue weighted by molar-refractivity contribution is 14.1. The second-order valence-corrected chi connectivity index (χ2v) is 4.96. The first-order valence-corrected chi connectivity index (χ1v) is 6.29. The maximum Gasteiger partial charge on any atom is 0.153 e. The first kappa shape index (κ1) is 12.1. The van der Waals surface area contributed by atoms with Crippen molar-refractivity contribution in [2.45, 2.75) is 6.42 Å². The van der Waals surface area contributed by atoms with Crippen LogP contribution >= 0.6 is 22.6 Å². The van der Waals surface area contributed by atoms with Crippen molar-refractivity contribution in [2.75, 3.05) is 0 Å². The van der Waals surface area contributed by atoms with Crippen LogP contribution in [-0.4, -0.2) is 11.4 Å². The Balaban J connectivity index is 2.34. The molecular weight excluding hydrogens is 327 g/mol. The fourth-order valence-corrected chi connectivity index (χ4v) is 2.41. The summed E-state index contributed by atoms with van der Waals surface area (Å²) < 4.78 is 0.707. The Bertz CT molecular complexity index is 535. The number of benzene rings is 2. The first-order chi connectivity index (χ1) is 8.20. The minimum atomic E-state index is 0.0670. The summed E-state index contributed by atoms with van der Waals surface area (Å²) in [4.78, 5) is 10.8. The molecule has 2 rings (SSSR count). The zero-order valence-electron chi connectivity index (χ0n) is 9.06. The van der Waals surface area contributed by atoms with Gasteiger partial charge < -0.3 is 5.11 Å². The lowest BCUT2D eigenvalue weighted by Crippen LogP contribution is -1.93. The second kappa shape index (κ2) is 5.31. The monoisotopic (exact) mass is 338 g/mol. The Kier molecular flexibility index (Phi) is 3.78. The zero-order chi connectivity index (χ0) is 12.3. The summed E-state index contributed by atoms with van der Waals surface area (Å²) in [6, 6.07) is 13.7. The van der Waals surface area contributed by atoms with Gasteiger partial charge in [-0.3, -0.25) is 4.79 Å². The predicted molar refractivity (Wildman–Crippen MR) is 75.5 cm³/mol. The molecule has 2 nitrogen and oxygen atoms in total. The molecule has 0 heterocycles. The van der Waals surface area contributed by atoms with Gasteiger partial charge in [-0.15, -0.1) is 0 Å². The molecule has 3 heteroatoms. The number of carbonyl (C=O) groups is 1. The summed E-state index contributed by atoms with van der Waals surface area (Å²) in [5.74, 6) is 0.0670. The van der Waals surface area contributed by atoms with E-state index in [2.05, 4.69) is 0 Å². The smallest absolute Gasteiger partial charge is 0.153 e. The van der Waals surface area contributed by atoms with Gasteiger partial charge in [0.05, 0.1) is 9.13 Å². The minimum absolute atomic E-state index is 0.0670. The molecular formula is C14H11IO2. The van der Waals surface area contributed by atoms with Gasteiger partial charge >= 0.3 is 0 Å². The Hall–Kier alpha value is -1.36. The number of halogens is 1. The summed E-state index contributed by atoms with van der Waals surface area (Å²) in [7, 11) is 0. The van der Waals surface area contributed by atoms with Crippen molar-refractivity contribution in [2.24, 2.45) is 0 Å². The van der Waals surface area contributed by atoms with Crippen molar-refractivity contribution in [3.8, 4) is 5.75 Å². The van der Waals surface area contributed by atoms with Gasteiger partial charge in [-0.05, 0) is 52.3 Å².